The molecule has 0 aliphatic heterocycles. The number of nitrogens with one attached hydrogen (secondary N) is 1. The van der Waals surface area contributed by atoms with Gasteiger partial charge < -0.3 is 15.0 Å². The maximum Gasteiger partial charge on any atom is 0.193 e. The Morgan fingerprint density at radius 2 is 2.09 bits per heavy atom. The predicted molar refractivity (Wildman–Crippen MR) is 100 cm³/mol. The fourth-order valence-electron chi connectivity index (χ4n) is 2.73. The molecular weight excluding hydrogens is 286 g/mol. The van der Waals surface area contributed by atoms with Crippen molar-refractivity contribution in [1.29, 1.82) is 0 Å². The lowest BCUT2D eigenvalue weighted by molar-refractivity contribution is 0.129. The molecule has 0 amide bonds. The van der Waals surface area contributed by atoms with Gasteiger partial charge in [-0.25, -0.2) is 0 Å². The lowest BCUT2D eigenvalue weighted by Gasteiger charge is -2.23. The summed E-state index contributed by atoms with van der Waals surface area (Å²) in [4.78, 5) is 7.17. The molecule has 1 aliphatic carbocycles. The van der Waals surface area contributed by atoms with Crippen LogP contribution in [0.3, 0.4) is 0 Å². The van der Waals surface area contributed by atoms with Gasteiger partial charge in [-0.05, 0) is 57.8 Å². The number of unbranched alkanes of at least 4 members (excludes halogenated alkanes) is 3. The van der Waals surface area contributed by atoms with E-state index in [1.54, 1.807) is 0 Å². The molecule has 1 rings (SSSR count). The second-order valence-corrected chi connectivity index (χ2v) is 6.68. The van der Waals surface area contributed by atoms with Gasteiger partial charge in [0, 0.05) is 39.9 Å². The summed E-state index contributed by atoms with van der Waals surface area (Å²) in [6.45, 7) is 12.6. The largest absolute Gasteiger partial charge is 0.382 e. The van der Waals surface area contributed by atoms with Crippen LogP contribution in [0.2, 0.25) is 0 Å². The summed E-state index contributed by atoms with van der Waals surface area (Å²) in [6, 6.07) is 0. The molecule has 0 radical (unpaired) electrons. The van der Waals surface area contributed by atoms with Crippen molar-refractivity contribution < 1.29 is 4.74 Å². The van der Waals surface area contributed by atoms with Crippen molar-refractivity contribution in [2.24, 2.45) is 10.4 Å². The molecular formula is C19H37N3O. The molecule has 4 heteroatoms. The third-order valence-electron chi connectivity index (χ3n) is 4.60. The number of rotatable bonds is 13. The van der Waals surface area contributed by atoms with Crippen molar-refractivity contribution in [2.75, 3.05) is 39.9 Å². The minimum Gasteiger partial charge on any atom is -0.382 e. The first-order valence-corrected chi connectivity index (χ1v) is 9.35. The van der Waals surface area contributed by atoms with Crippen molar-refractivity contribution in [1.82, 2.24) is 10.2 Å². The van der Waals surface area contributed by atoms with E-state index in [1.165, 1.54) is 32.1 Å². The molecule has 1 saturated carbocycles. The van der Waals surface area contributed by atoms with E-state index in [0.717, 1.165) is 51.6 Å². The first-order valence-electron chi connectivity index (χ1n) is 9.35. The highest BCUT2D eigenvalue weighted by molar-refractivity contribution is 5.79. The Morgan fingerprint density at radius 3 is 2.70 bits per heavy atom. The maximum absolute atomic E-state index is 5.51. The van der Waals surface area contributed by atoms with Crippen LogP contribution in [0, 0.1) is 5.41 Å². The van der Waals surface area contributed by atoms with Gasteiger partial charge in [0.05, 0.1) is 0 Å². The maximum atomic E-state index is 5.51. The Bertz CT molecular complexity index is 351. The molecule has 0 heterocycles. The minimum atomic E-state index is 0.417. The lowest BCUT2D eigenvalue weighted by atomic mass is 10.0. The van der Waals surface area contributed by atoms with Gasteiger partial charge in [-0.2, -0.15) is 0 Å². The van der Waals surface area contributed by atoms with Gasteiger partial charge in [-0.15, -0.1) is 6.58 Å². The Kier molecular flexibility index (Phi) is 10.0. The first-order chi connectivity index (χ1) is 11.2. The second kappa shape index (κ2) is 11.5. The van der Waals surface area contributed by atoms with E-state index in [4.69, 9.17) is 9.73 Å². The van der Waals surface area contributed by atoms with Crippen LogP contribution in [0.5, 0.6) is 0 Å². The van der Waals surface area contributed by atoms with Crippen LogP contribution >= 0.6 is 0 Å². The fraction of sp³-hybridized carbons (Fsp3) is 0.842. The van der Waals surface area contributed by atoms with Gasteiger partial charge in [-0.1, -0.05) is 12.5 Å². The predicted octanol–water partition coefficient (Wildman–Crippen LogP) is 3.84. The third-order valence-corrected chi connectivity index (χ3v) is 4.60. The fourth-order valence-corrected chi connectivity index (χ4v) is 2.73. The molecule has 0 unspecified atom stereocenters. The zero-order valence-electron chi connectivity index (χ0n) is 15.6. The van der Waals surface area contributed by atoms with Gasteiger partial charge >= 0.3 is 0 Å². The molecule has 4 nitrogen and oxygen atoms in total. The Labute approximate surface area is 143 Å². The van der Waals surface area contributed by atoms with Crippen LogP contribution < -0.4 is 5.32 Å². The molecule has 134 valence electrons. The highest BCUT2D eigenvalue weighted by Crippen LogP contribution is 2.49. The Morgan fingerprint density at radius 1 is 1.30 bits per heavy atom. The van der Waals surface area contributed by atoms with E-state index in [1.807, 2.05) is 6.08 Å². The standard InChI is InChI=1S/C19H37N3O/c1-5-8-9-10-11-15-22(4)18(20-6-2)21-17-19(12-13-19)14-16-23-7-3/h5H,1,6-17H2,2-4H3,(H,20,21). The van der Waals surface area contributed by atoms with E-state index >= 15 is 0 Å². The van der Waals surface area contributed by atoms with Crippen LogP contribution in [-0.4, -0.2) is 50.8 Å². The molecule has 0 saturated heterocycles. The molecule has 0 aromatic carbocycles. The average Bonchev–Trinajstić information content (AvgIpc) is 3.31. The molecule has 0 atom stereocenters. The zero-order valence-corrected chi connectivity index (χ0v) is 15.6. The smallest absolute Gasteiger partial charge is 0.193 e. The zero-order chi connectivity index (χ0) is 17.0. The van der Waals surface area contributed by atoms with Crippen LogP contribution in [0.4, 0.5) is 0 Å². The SMILES string of the molecule is C=CCCCCCN(C)C(=NCC1(CCOCC)CC1)NCC. The van der Waals surface area contributed by atoms with Crippen LogP contribution in [-0.2, 0) is 4.74 Å². The number of nitrogens with zero attached hydrogens (tertiary/aromatic N) is 2. The molecule has 1 fully saturated rings. The number of hydrogen-bond acceptors (Lipinski definition) is 2. The molecule has 1 N–H and O–H groups in total. The van der Waals surface area contributed by atoms with Gasteiger partial charge in [0.25, 0.3) is 0 Å². The van der Waals surface area contributed by atoms with Crippen LogP contribution in [0.1, 0.15) is 58.8 Å². The molecule has 0 aromatic heterocycles. The Hall–Kier alpha value is -1.03. The normalized spacial score (nSPS) is 16.2. The summed E-state index contributed by atoms with van der Waals surface area (Å²) in [5.74, 6) is 1.05. The van der Waals surface area contributed by atoms with Crippen molar-refractivity contribution >= 4 is 5.96 Å². The lowest BCUT2D eigenvalue weighted by Crippen LogP contribution is -2.39. The molecule has 0 spiro atoms. The van der Waals surface area contributed by atoms with E-state index in [-0.39, 0.29) is 0 Å². The average molecular weight is 324 g/mol. The highest BCUT2D eigenvalue weighted by Gasteiger charge is 2.41. The number of guanidine groups is 1. The summed E-state index contributed by atoms with van der Waals surface area (Å²) >= 11 is 0. The topological polar surface area (TPSA) is 36.9 Å². The molecule has 23 heavy (non-hydrogen) atoms. The number of aliphatic imine (C=N–C) groups is 1. The highest BCUT2D eigenvalue weighted by atomic mass is 16.5. The van der Waals surface area contributed by atoms with Gasteiger partial charge in [0.1, 0.15) is 0 Å². The summed E-state index contributed by atoms with van der Waals surface area (Å²) in [6.07, 6.45) is 10.6. The van der Waals surface area contributed by atoms with E-state index in [9.17, 15) is 0 Å². The van der Waals surface area contributed by atoms with E-state index in [0.29, 0.717) is 5.41 Å². The summed E-state index contributed by atoms with van der Waals surface area (Å²) in [5.41, 5.74) is 0.417. The monoisotopic (exact) mass is 323 g/mol. The second-order valence-electron chi connectivity index (χ2n) is 6.68. The summed E-state index contributed by atoms with van der Waals surface area (Å²) < 4.78 is 5.51. The number of allylic oxidation sites excluding steroid dienone is 1. The first kappa shape index (κ1) is 20.0. The van der Waals surface area contributed by atoms with Crippen LogP contribution in [0.15, 0.2) is 17.6 Å². The van der Waals surface area contributed by atoms with Crippen molar-refractivity contribution in [3.63, 3.8) is 0 Å². The summed E-state index contributed by atoms with van der Waals surface area (Å²) in [5, 5.41) is 3.43. The number of hydrogen-bond donors (Lipinski definition) is 1. The van der Waals surface area contributed by atoms with Crippen molar-refractivity contribution in [2.45, 2.75) is 58.8 Å². The molecule has 0 bridgehead atoms. The van der Waals surface area contributed by atoms with Gasteiger partial charge in [-0.3, -0.25) is 4.99 Å². The Balaban J connectivity index is 2.38. The van der Waals surface area contributed by atoms with Crippen LogP contribution in [0.25, 0.3) is 0 Å². The number of ether oxygens (including phenoxy) is 1. The molecule has 1 aliphatic rings. The minimum absolute atomic E-state index is 0.417. The van der Waals surface area contributed by atoms with Crippen molar-refractivity contribution in [3.8, 4) is 0 Å². The van der Waals surface area contributed by atoms with Crippen molar-refractivity contribution in [3.05, 3.63) is 12.7 Å². The third kappa shape index (κ3) is 8.40. The molecule has 0 aromatic rings. The van der Waals surface area contributed by atoms with E-state index < -0.39 is 0 Å². The summed E-state index contributed by atoms with van der Waals surface area (Å²) in [7, 11) is 2.15. The van der Waals surface area contributed by atoms with Gasteiger partial charge in [0.2, 0.25) is 0 Å². The van der Waals surface area contributed by atoms with Gasteiger partial charge in [0.15, 0.2) is 5.96 Å². The van der Waals surface area contributed by atoms with E-state index in [2.05, 4.69) is 37.7 Å². The quantitative estimate of drug-likeness (QED) is 0.242.